The molecule has 126 valence electrons. The summed E-state index contributed by atoms with van der Waals surface area (Å²) in [5, 5.41) is 13.6. The summed E-state index contributed by atoms with van der Waals surface area (Å²) in [6, 6.07) is 1.77. The van der Waals surface area contributed by atoms with Gasteiger partial charge >= 0.3 is 5.69 Å². The minimum Gasteiger partial charge on any atom is -0.386 e. The van der Waals surface area contributed by atoms with Crippen LogP contribution in [0.2, 0.25) is 0 Å². The molecule has 1 atom stereocenters. The van der Waals surface area contributed by atoms with Gasteiger partial charge in [0.1, 0.15) is 6.54 Å². The highest BCUT2D eigenvalue weighted by Gasteiger charge is 2.45. The Labute approximate surface area is 135 Å². The van der Waals surface area contributed by atoms with Crippen LogP contribution in [0.4, 0.5) is 0 Å². The molecule has 1 amide bonds. The molecule has 0 radical (unpaired) electrons. The molecule has 23 heavy (non-hydrogen) atoms. The predicted octanol–water partition coefficient (Wildman–Crippen LogP) is -0.567. The van der Waals surface area contributed by atoms with Crippen molar-refractivity contribution >= 4 is 5.91 Å². The SMILES string of the molecule is Cc1cc(C)n(CC(=O)NCC2(O)CN3CCC2CC3)c(=O)n1. The predicted molar refractivity (Wildman–Crippen MR) is 85.1 cm³/mol. The molecule has 2 N–H and O–H groups in total. The third-order valence-corrected chi connectivity index (χ3v) is 5.08. The maximum absolute atomic E-state index is 12.2. The molecule has 0 spiro atoms. The van der Waals surface area contributed by atoms with E-state index in [-0.39, 0.29) is 24.9 Å². The van der Waals surface area contributed by atoms with Crippen LogP contribution in [0.1, 0.15) is 24.2 Å². The van der Waals surface area contributed by atoms with Crippen LogP contribution in [0, 0.1) is 19.8 Å². The Balaban J connectivity index is 1.61. The van der Waals surface area contributed by atoms with Gasteiger partial charge in [0, 0.05) is 24.5 Å². The quantitative estimate of drug-likeness (QED) is 0.776. The molecule has 4 rings (SSSR count). The van der Waals surface area contributed by atoms with E-state index in [1.807, 2.05) is 0 Å². The summed E-state index contributed by atoms with van der Waals surface area (Å²) >= 11 is 0. The highest BCUT2D eigenvalue weighted by atomic mass is 16.3. The Morgan fingerprint density at radius 1 is 1.43 bits per heavy atom. The van der Waals surface area contributed by atoms with Crippen LogP contribution < -0.4 is 11.0 Å². The standard InChI is InChI=1S/C16H24N4O3/c1-11-7-12(2)20(15(22)18-11)8-14(21)17-9-16(23)10-19-5-3-13(16)4-6-19/h7,13,23H,3-6,8-10H2,1-2H3,(H,17,21). The number of aliphatic hydroxyl groups is 1. The minimum atomic E-state index is -0.850. The van der Waals surface area contributed by atoms with Gasteiger partial charge in [-0.1, -0.05) is 0 Å². The third kappa shape index (κ3) is 3.30. The average Bonchev–Trinajstić information content (AvgIpc) is 2.50. The van der Waals surface area contributed by atoms with Gasteiger partial charge in [-0.2, -0.15) is 4.98 Å². The Morgan fingerprint density at radius 3 is 2.70 bits per heavy atom. The number of hydrogen-bond donors (Lipinski definition) is 2. The van der Waals surface area contributed by atoms with E-state index in [1.54, 1.807) is 19.9 Å². The number of aryl methyl sites for hydroxylation is 2. The van der Waals surface area contributed by atoms with E-state index in [4.69, 9.17) is 0 Å². The number of hydrogen-bond acceptors (Lipinski definition) is 5. The van der Waals surface area contributed by atoms with Crippen LogP contribution in [-0.4, -0.2) is 57.2 Å². The van der Waals surface area contributed by atoms with Crippen LogP contribution >= 0.6 is 0 Å². The number of nitrogens with zero attached hydrogens (tertiary/aromatic N) is 3. The van der Waals surface area contributed by atoms with Crippen molar-refractivity contribution in [2.24, 2.45) is 5.92 Å². The average molecular weight is 320 g/mol. The molecule has 1 aromatic heterocycles. The summed E-state index contributed by atoms with van der Waals surface area (Å²) < 4.78 is 1.35. The zero-order valence-corrected chi connectivity index (χ0v) is 13.7. The molecule has 3 fully saturated rings. The first kappa shape index (κ1) is 16.1. The van der Waals surface area contributed by atoms with Gasteiger partial charge < -0.3 is 15.3 Å². The van der Waals surface area contributed by atoms with Gasteiger partial charge in [0.05, 0.1) is 5.60 Å². The van der Waals surface area contributed by atoms with Crippen molar-refractivity contribution in [2.75, 3.05) is 26.2 Å². The summed E-state index contributed by atoms with van der Waals surface area (Å²) in [4.78, 5) is 30.1. The molecule has 1 aromatic rings. The molecule has 7 heteroatoms. The minimum absolute atomic E-state index is 0.0671. The monoisotopic (exact) mass is 320 g/mol. The second kappa shape index (κ2) is 6.05. The molecule has 0 aliphatic carbocycles. The summed E-state index contributed by atoms with van der Waals surface area (Å²) in [5.41, 5.74) is 0.0849. The maximum Gasteiger partial charge on any atom is 0.348 e. The van der Waals surface area contributed by atoms with Crippen molar-refractivity contribution in [3.63, 3.8) is 0 Å². The van der Waals surface area contributed by atoms with Crippen molar-refractivity contribution in [1.82, 2.24) is 19.8 Å². The fraction of sp³-hybridized carbons (Fsp3) is 0.688. The van der Waals surface area contributed by atoms with E-state index < -0.39 is 11.3 Å². The molecular formula is C16H24N4O3. The molecule has 3 saturated heterocycles. The first-order valence-corrected chi connectivity index (χ1v) is 8.14. The van der Waals surface area contributed by atoms with Crippen LogP contribution in [0.3, 0.4) is 0 Å². The number of carbonyl (C=O) groups is 1. The summed E-state index contributed by atoms with van der Waals surface area (Å²) in [6.07, 6.45) is 1.96. The van der Waals surface area contributed by atoms with E-state index in [1.165, 1.54) is 4.57 Å². The van der Waals surface area contributed by atoms with Gasteiger partial charge in [0.15, 0.2) is 0 Å². The Hall–Kier alpha value is -1.73. The third-order valence-electron chi connectivity index (χ3n) is 5.08. The van der Waals surface area contributed by atoms with Gasteiger partial charge in [0.25, 0.3) is 0 Å². The number of piperidine rings is 3. The Kier molecular flexibility index (Phi) is 4.25. The lowest BCUT2D eigenvalue weighted by molar-refractivity contribution is -0.130. The van der Waals surface area contributed by atoms with Gasteiger partial charge in [-0.25, -0.2) is 4.79 Å². The zero-order chi connectivity index (χ0) is 16.6. The summed E-state index contributed by atoms with van der Waals surface area (Å²) in [5.74, 6) is -0.0241. The van der Waals surface area contributed by atoms with Crippen molar-refractivity contribution in [2.45, 2.75) is 38.8 Å². The zero-order valence-electron chi connectivity index (χ0n) is 13.7. The number of fused-ring (bicyclic) bond motifs is 3. The van der Waals surface area contributed by atoms with Gasteiger partial charge in [0.2, 0.25) is 5.91 Å². The lowest BCUT2D eigenvalue weighted by Crippen LogP contribution is -2.63. The Morgan fingerprint density at radius 2 is 2.13 bits per heavy atom. The topological polar surface area (TPSA) is 87.5 Å². The first-order valence-electron chi connectivity index (χ1n) is 8.14. The van der Waals surface area contributed by atoms with Crippen LogP contribution in [0.15, 0.2) is 10.9 Å². The first-order chi connectivity index (χ1) is 10.9. The number of amides is 1. The fourth-order valence-electron chi connectivity index (χ4n) is 3.76. The van der Waals surface area contributed by atoms with E-state index in [9.17, 15) is 14.7 Å². The van der Waals surface area contributed by atoms with Crippen LogP contribution in [0.5, 0.6) is 0 Å². The number of carbonyl (C=O) groups excluding carboxylic acids is 1. The smallest absolute Gasteiger partial charge is 0.348 e. The molecule has 0 saturated carbocycles. The molecule has 1 unspecified atom stereocenters. The highest BCUT2D eigenvalue weighted by molar-refractivity contribution is 5.75. The van der Waals surface area contributed by atoms with Crippen LogP contribution in [-0.2, 0) is 11.3 Å². The largest absolute Gasteiger partial charge is 0.386 e. The lowest BCUT2D eigenvalue weighted by atomic mass is 9.75. The second-order valence-electron chi connectivity index (χ2n) is 6.84. The van der Waals surface area contributed by atoms with Crippen molar-refractivity contribution in [1.29, 1.82) is 0 Å². The molecule has 2 bridgehead atoms. The normalized spacial score (nSPS) is 29.5. The number of nitrogens with one attached hydrogen (secondary N) is 1. The van der Waals surface area contributed by atoms with E-state index in [0.29, 0.717) is 17.9 Å². The van der Waals surface area contributed by atoms with E-state index >= 15 is 0 Å². The van der Waals surface area contributed by atoms with Gasteiger partial charge in [-0.15, -0.1) is 0 Å². The van der Waals surface area contributed by atoms with Crippen molar-refractivity contribution < 1.29 is 9.90 Å². The molecular weight excluding hydrogens is 296 g/mol. The molecule has 0 aromatic carbocycles. The van der Waals surface area contributed by atoms with Crippen molar-refractivity contribution in [3.05, 3.63) is 27.9 Å². The fourth-order valence-corrected chi connectivity index (χ4v) is 3.76. The second-order valence-corrected chi connectivity index (χ2v) is 6.84. The molecule has 3 aliphatic rings. The van der Waals surface area contributed by atoms with E-state index in [2.05, 4.69) is 15.2 Å². The number of aromatic nitrogens is 2. The Bertz CT molecular complexity index is 664. The number of rotatable bonds is 4. The van der Waals surface area contributed by atoms with Gasteiger partial charge in [-0.3, -0.25) is 9.36 Å². The van der Waals surface area contributed by atoms with Crippen molar-refractivity contribution in [3.8, 4) is 0 Å². The van der Waals surface area contributed by atoms with Gasteiger partial charge in [-0.05, 0) is 51.8 Å². The summed E-state index contributed by atoms with van der Waals surface area (Å²) in [6.45, 7) is 6.38. The maximum atomic E-state index is 12.2. The molecule has 4 heterocycles. The highest BCUT2D eigenvalue weighted by Crippen LogP contribution is 2.35. The molecule has 3 aliphatic heterocycles. The molecule has 7 nitrogen and oxygen atoms in total. The van der Waals surface area contributed by atoms with E-state index in [0.717, 1.165) is 25.9 Å². The summed E-state index contributed by atoms with van der Waals surface area (Å²) in [7, 11) is 0. The lowest BCUT2D eigenvalue weighted by Gasteiger charge is -2.50. The van der Waals surface area contributed by atoms with Crippen LogP contribution in [0.25, 0.3) is 0 Å².